The Kier molecular flexibility index (Phi) is 4.90. The second kappa shape index (κ2) is 7.66. The number of pyridine rings is 1. The van der Waals surface area contributed by atoms with E-state index < -0.39 is 0 Å². The van der Waals surface area contributed by atoms with Crippen molar-refractivity contribution in [1.82, 2.24) is 14.4 Å². The minimum absolute atomic E-state index is 0.195. The number of hydrogen-bond donors (Lipinski definition) is 0. The fourth-order valence-electron chi connectivity index (χ4n) is 2.89. The molecule has 7 heteroatoms. The Balaban J connectivity index is 1.85. The molecule has 0 unspecified atom stereocenters. The lowest BCUT2D eigenvalue weighted by atomic mass is 10.1. The van der Waals surface area contributed by atoms with Crippen LogP contribution in [0.2, 0.25) is 0 Å². The summed E-state index contributed by atoms with van der Waals surface area (Å²) in [5.74, 6) is 0.918. The van der Waals surface area contributed by atoms with E-state index in [-0.39, 0.29) is 11.3 Å². The smallest absolute Gasteiger partial charge is 0.302 e. The van der Waals surface area contributed by atoms with Crippen molar-refractivity contribution < 1.29 is 9.47 Å². The summed E-state index contributed by atoms with van der Waals surface area (Å²) in [6.07, 6.45) is 7.06. The maximum absolute atomic E-state index is 13.1. The molecule has 1 aromatic carbocycles. The highest BCUT2D eigenvalue weighted by molar-refractivity contribution is 7.15. The minimum atomic E-state index is -0.252. The molecular formula is C21H17N3O3S. The minimum Gasteiger partial charge on any atom is -0.497 e. The summed E-state index contributed by atoms with van der Waals surface area (Å²) in [6.45, 7) is 0. The van der Waals surface area contributed by atoms with Crippen LogP contribution >= 0.6 is 11.3 Å². The molecule has 0 aliphatic heterocycles. The molecule has 0 spiro atoms. The molecule has 0 saturated heterocycles. The van der Waals surface area contributed by atoms with Gasteiger partial charge in [0.05, 0.1) is 19.9 Å². The Bertz CT molecular complexity index is 1210. The third kappa shape index (κ3) is 3.27. The number of methoxy groups -OCH3 is 2. The van der Waals surface area contributed by atoms with E-state index in [4.69, 9.17) is 9.47 Å². The molecule has 0 saturated carbocycles. The van der Waals surface area contributed by atoms with Crippen molar-refractivity contribution in [2.24, 2.45) is 0 Å². The Labute approximate surface area is 165 Å². The van der Waals surface area contributed by atoms with Crippen molar-refractivity contribution in [2.45, 2.75) is 0 Å². The largest absolute Gasteiger partial charge is 0.497 e. The van der Waals surface area contributed by atoms with Gasteiger partial charge in [-0.15, -0.1) is 11.3 Å². The number of nitrogens with zero attached hydrogens (tertiary/aromatic N) is 3. The van der Waals surface area contributed by atoms with Crippen molar-refractivity contribution in [1.29, 1.82) is 0 Å². The number of benzene rings is 1. The van der Waals surface area contributed by atoms with Gasteiger partial charge in [0.15, 0.2) is 4.96 Å². The predicted molar refractivity (Wildman–Crippen MR) is 111 cm³/mol. The molecule has 140 valence electrons. The molecule has 3 heterocycles. The Morgan fingerprint density at radius 2 is 2.00 bits per heavy atom. The third-order valence-electron chi connectivity index (χ3n) is 4.24. The molecule has 0 atom stereocenters. The SMILES string of the molecule is COc1cccc(-c2csc3nc(C=Cc4cccnc4)c(OC)c(=O)n23)c1. The van der Waals surface area contributed by atoms with Gasteiger partial charge in [-0.25, -0.2) is 9.38 Å². The molecule has 4 rings (SSSR count). The Morgan fingerprint density at radius 3 is 2.75 bits per heavy atom. The zero-order valence-electron chi connectivity index (χ0n) is 15.3. The van der Waals surface area contributed by atoms with Crippen LogP contribution in [-0.4, -0.2) is 28.6 Å². The van der Waals surface area contributed by atoms with E-state index in [0.717, 1.165) is 22.6 Å². The molecular weight excluding hydrogens is 374 g/mol. The third-order valence-corrected chi connectivity index (χ3v) is 5.07. The lowest BCUT2D eigenvalue weighted by Crippen LogP contribution is -2.18. The first-order valence-corrected chi connectivity index (χ1v) is 9.40. The summed E-state index contributed by atoms with van der Waals surface area (Å²) < 4.78 is 12.3. The first kappa shape index (κ1) is 17.9. The van der Waals surface area contributed by atoms with Crippen LogP contribution in [0.1, 0.15) is 11.3 Å². The van der Waals surface area contributed by atoms with Gasteiger partial charge in [-0.3, -0.25) is 9.78 Å². The van der Waals surface area contributed by atoms with Gasteiger partial charge in [0.2, 0.25) is 5.75 Å². The molecule has 0 N–H and O–H groups in total. The van der Waals surface area contributed by atoms with Gasteiger partial charge < -0.3 is 9.47 Å². The molecule has 0 fully saturated rings. The number of fused-ring (bicyclic) bond motifs is 1. The van der Waals surface area contributed by atoms with Crippen LogP contribution in [0.3, 0.4) is 0 Å². The molecule has 0 bridgehead atoms. The highest BCUT2D eigenvalue weighted by Gasteiger charge is 2.16. The number of aromatic nitrogens is 3. The standard InChI is InChI=1S/C21H17N3O3S/c1-26-16-7-3-6-15(11-16)18-13-28-21-23-17(19(27-2)20(25)24(18)21)9-8-14-5-4-10-22-12-14/h3-13H,1-2H3. The van der Waals surface area contributed by atoms with Gasteiger partial charge in [0, 0.05) is 23.3 Å². The zero-order valence-corrected chi connectivity index (χ0v) is 16.1. The van der Waals surface area contributed by atoms with Crippen molar-refractivity contribution >= 4 is 28.4 Å². The quantitative estimate of drug-likeness (QED) is 0.514. The van der Waals surface area contributed by atoms with Gasteiger partial charge in [-0.05, 0) is 29.8 Å². The van der Waals surface area contributed by atoms with Crippen LogP contribution < -0.4 is 15.0 Å². The summed E-state index contributed by atoms with van der Waals surface area (Å²) in [5.41, 5.74) is 2.76. The van der Waals surface area contributed by atoms with Gasteiger partial charge in [-0.2, -0.15) is 0 Å². The van der Waals surface area contributed by atoms with Crippen molar-refractivity contribution in [3.63, 3.8) is 0 Å². The fraction of sp³-hybridized carbons (Fsp3) is 0.0952. The van der Waals surface area contributed by atoms with Gasteiger partial charge in [0.1, 0.15) is 11.4 Å². The average molecular weight is 391 g/mol. The van der Waals surface area contributed by atoms with Crippen molar-refractivity contribution in [3.05, 3.63) is 75.8 Å². The summed E-state index contributed by atoms with van der Waals surface area (Å²) in [4.78, 5) is 22.4. The predicted octanol–water partition coefficient (Wildman–Crippen LogP) is 4.01. The van der Waals surface area contributed by atoms with E-state index in [2.05, 4.69) is 9.97 Å². The first-order valence-electron chi connectivity index (χ1n) is 8.52. The lowest BCUT2D eigenvalue weighted by Gasteiger charge is -2.07. The van der Waals surface area contributed by atoms with E-state index in [1.165, 1.54) is 18.4 Å². The highest BCUT2D eigenvalue weighted by atomic mass is 32.1. The first-order chi connectivity index (χ1) is 13.7. The summed E-state index contributed by atoms with van der Waals surface area (Å²) in [6, 6.07) is 11.3. The Hall–Kier alpha value is -3.45. The average Bonchev–Trinajstić information content (AvgIpc) is 3.17. The molecule has 4 aromatic rings. The van der Waals surface area contributed by atoms with Crippen LogP contribution in [0.15, 0.2) is 59.0 Å². The summed E-state index contributed by atoms with van der Waals surface area (Å²) >= 11 is 1.40. The number of thiazole rings is 1. The van der Waals surface area contributed by atoms with Crippen LogP contribution in [0, 0.1) is 0 Å². The fourth-order valence-corrected chi connectivity index (χ4v) is 3.78. The van der Waals surface area contributed by atoms with Gasteiger partial charge in [0.25, 0.3) is 0 Å². The summed E-state index contributed by atoms with van der Waals surface area (Å²) in [5, 5.41) is 1.91. The normalized spacial score (nSPS) is 11.2. The molecule has 3 aromatic heterocycles. The lowest BCUT2D eigenvalue weighted by molar-refractivity contribution is 0.404. The van der Waals surface area contributed by atoms with Crippen LogP contribution in [-0.2, 0) is 0 Å². The highest BCUT2D eigenvalue weighted by Crippen LogP contribution is 2.28. The second-order valence-electron chi connectivity index (χ2n) is 5.93. The Morgan fingerprint density at radius 1 is 1.11 bits per heavy atom. The molecule has 0 radical (unpaired) electrons. The number of ether oxygens (including phenoxy) is 2. The molecule has 28 heavy (non-hydrogen) atoms. The van der Waals surface area contributed by atoms with E-state index in [1.807, 2.05) is 47.9 Å². The van der Waals surface area contributed by atoms with Crippen LogP contribution in [0.4, 0.5) is 0 Å². The van der Waals surface area contributed by atoms with E-state index >= 15 is 0 Å². The molecule has 0 amide bonds. The monoisotopic (exact) mass is 391 g/mol. The van der Waals surface area contributed by atoms with Crippen molar-refractivity contribution in [3.8, 4) is 22.8 Å². The zero-order chi connectivity index (χ0) is 19.5. The maximum Gasteiger partial charge on any atom is 0.302 e. The topological polar surface area (TPSA) is 65.7 Å². The van der Waals surface area contributed by atoms with Gasteiger partial charge in [-0.1, -0.05) is 24.3 Å². The maximum atomic E-state index is 13.1. The molecule has 0 aliphatic rings. The second-order valence-corrected chi connectivity index (χ2v) is 6.76. The molecule has 6 nitrogen and oxygen atoms in total. The number of rotatable bonds is 5. The molecule has 0 aliphatic carbocycles. The van der Waals surface area contributed by atoms with Gasteiger partial charge >= 0.3 is 5.56 Å². The van der Waals surface area contributed by atoms with Crippen LogP contribution in [0.25, 0.3) is 28.4 Å². The number of hydrogen-bond acceptors (Lipinski definition) is 6. The van der Waals surface area contributed by atoms with E-state index in [1.54, 1.807) is 30.0 Å². The van der Waals surface area contributed by atoms with E-state index in [0.29, 0.717) is 10.7 Å². The van der Waals surface area contributed by atoms with E-state index in [9.17, 15) is 4.79 Å². The van der Waals surface area contributed by atoms with Crippen LogP contribution in [0.5, 0.6) is 11.5 Å². The summed E-state index contributed by atoms with van der Waals surface area (Å²) in [7, 11) is 3.09. The van der Waals surface area contributed by atoms with Crippen molar-refractivity contribution in [2.75, 3.05) is 14.2 Å².